The minimum atomic E-state index is -1.36. The lowest BCUT2D eigenvalue weighted by molar-refractivity contribution is -0.147. The molecule has 1 saturated heterocycles. The van der Waals surface area contributed by atoms with E-state index in [0.717, 1.165) is 0 Å². The fourth-order valence-corrected chi connectivity index (χ4v) is 3.27. The van der Waals surface area contributed by atoms with Crippen molar-refractivity contribution in [2.45, 2.75) is 83.3 Å². The molecule has 1 aliphatic heterocycles. The number of nitrogens with two attached hydrogens (primary N) is 1. The maximum Gasteiger partial charge on any atom is 0.326 e. The molecule has 0 aromatic heterocycles. The lowest BCUT2D eigenvalue weighted by Crippen LogP contribution is -2.60. The number of carboxylic acids is 1. The quantitative estimate of drug-likeness (QED) is 0.234. The van der Waals surface area contributed by atoms with Gasteiger partial charge in [0.1, 0.15) is 24.2 Å². The largest absolute Gasteiger partial charge is 0.480 e. The number of aliphatic carboxylic acids is 1. The van der Waals surface area contributed by atoms with E-state index in [1.54, 1.807) is 6.92 Å². The molecule has 0 radical (unpaired) electrons. The van der Waals surface area contributed by atoms with Gasteiger partial charge in [0.15, 0.2) is 0 Å². The number of aliphatic hydroxyl groups excluding tert-OH is 2. The number of hydrogen-bond acceptors (Lipinski definition) is 7. The van der Waals surface area contributed by atoms with Gasteiger partial charge in [0.2, 0.25) is 17.7 Å². The van der Waals surface area contributed by atoms with E-state index >= 15 is 0 Å². The van der Waals surface area contributed by atoms with Crippen LogP contribution in [0, 0.1) is 5.92 Å². The van der Waals surface area contributed by atoms with E-state index in [1.165, 1.54) is 18.7 Å². The predicted octanol–water partition coefficient (Wildman–Crippen LogP) is -1.83. The average molecular weight is 431 g/mol. The van der Waals surface area contributed by atoms with Crippen molar-refractivity contribution in [3.8, 4) is 0 Å². The molecule has 1 rings (SSSR count). The topological polar surface area (TPSA) is 182 Å². The number of rotatable bonds is 10. The second-order valence-electron chi connectivity index (χ2n) is 7.89. The van der Waals surface area contributed by atoms with Gasteiger partial charge in [-0.25, -0.2) is 4.79 Å². The van der Waals surface area contributed by atoms with Crippen LogP contribution in [-0.2, 0) is 19.2 Å². The van der Waals surface area contributed by atoms with E-state index in [0.29, 0.717) is 19.3 Å². The highest BCUT2D eigenvalue weighted by Crippen LogP contribution is 2.20. The number of nitrogens with zero attached hydrogens (tertiary/aromatic N) is 1. The number of carbonyl (C=O) groups is 4. The molecule has 1 aliphatic rings. The Morgan fingerprint density at radius 2 is 1.67 bits per heavy atom. The van der Waals surface area contributed by atoms with E-state index < -0.39 is 60.1 Å². The molecule has 1 fully saturated rings. The summed E-state index contributed by atoms with van der Waals surface area (Å²) in [6, 6.07) is -4.65. The number of nitrogens with one attached hydrogen (secondary N) is 2. The van der Waals surface area contributed by atoms with Crippen LogP contribution in [-0.4, -0.2) is 86.8 Å². The third-order valence-corrected chi connectivity index (χ3v) is 5.48. The van der Waals surface area contributed by atoms with Gasteiger partial charge in [0.05, 0.1) is 12.2 Å². The molecule has 7 unspecified atom stereocenters. The molecule has 11 nitrogen and oxygen atoms in total. The minimum Gasteiger partial charge on any atom is -0.480 e. The van der Waals surface area contributed by atoms with Crippen LogP contribution in [0.15, 0.2) is 0 Å². The van der Waals surface area contributed by atoms with Gasteiger partial charge < -0.3 is 36.6 Å². The summed E-state index contributed by atoms with van der Waals surface area (Å²) < 4.78 is 0. The molecule has 0 saturated carbocycles. The second kappa shape index (κ2) is 11.2. The van der Waals surface area contributed by atoms with Crippen LogP contribution in [0.3, 0.4) is 0 Å². The standard InChI is InChI=1S/C19H34N4O7/c1-5-9(2)14(19(29)30)21-16(26)12-7-6-8-23(12)18(28)15(11(4)25)22-17(27)13(20)10(3)24/h9-15,24-25H,5-8,20H2,1-4H3,(H,21,26)(H,22,27)(H,29,30). The molecule has 0 aromatic carbocycles. The van der Waals surface area contributed by atoms with Crippen molar-refractivity contribution in [2.75, 3.05) is 6.54 Å². The Bertz CT molecular complexity index is 640. The Hall–Kier alpha value is -2.24. The van der Waals surface area contributed by atoms with E-state index in [1.807, 2.05) is 6.92 Å². The summed E-state index contributed by atoms with van der Waals surface area (Å²) in [5.74, 6) is -3.54. The first-order valence-corrected chi connectivity index (χ1v) is 10.2. The van der Waals surface area contributed by atoms with E-state index in [9.17, 15) is 34.5 Å². The summed E-state index contributed by atoms with van der Waals surface area (Å²) in [5.41, 5.74) is 5.57. The first-order valence-electron chi connectivity index (χ1n) is 10.2. The summed E-state index contributed by atoms with van der Waals surface area (Å²) in [6.45, 7) is 6.37. The fourth-order valence-electron chi connectivity index (χ4n) is 3.27. The van der Waals surface area contributed by atoms with E-state index in [2.05, 4.69) is 10.6 Å². The van der Waals surface area contributed by atoms with Gasteiger partial charge in [-0.15, -0.1) is 0 Å². The van der Waals surface area contributed by atoms with Gasteiger partial charge in [-0.1, -0.05) is 20.3 Å². The van der Waals surface area contributed by atoms with E-state index in [-0.39, 0.29) is 12.5 Å². The number of carbonyl (C=O) groups excluding carboxylic acids is 3. The molecule has 0 aliphatic carbocycles. The maximum atomic E-state index is 13.0. The van der Waals surface area contributed by atoms with Crippen LogP contribution in [0.25, 0.3) is 0 Å². The number of hydrogen-bond donors (Lipinski definition) is 6. The Morgan fingerprint density at radius 3 is 2.13 bits per heavy atom. The summed E-state index contributed by atoms with van der Waals surface area (Å²) in [7, 11) is 0. The Labute approximate surface area is 176 Å². The summed E-state index contributed by atoms with van der Waals surface area (Å²) >= 11 is 0. The second-order valence-corrected chi connectivity index (χ2v) is 7.89. The van der Waals surface area contributed by atoms with Gasteiger partial charge in [-0.05, 0) is 32.6 Å². The zero-order valence-electron chi connectivity index (χ0n) is 17.9. The zero-order valence-corrected chi connectivity index (χ0v) is 17.9. The maximum absolute atomic E-state index is 13.0. The minimum absolute atomic E-state index is 0.222. The highest BCUT2D eigenvalue weighted by molar-refractivity contribution is 5.94. The van der Waals surface area contributed by atoms with Gasteiger partial charge >= 0.3 is 5.97 Å². The van der Waals surface area contributed by atoms with Crippen molar-refractivity contribution in [3.63, 3.8) is 0 Å². The number of amides is 3. The number of aliphatic hydroxyl groups is 2. The molecule has 1 heterocycles. The van der Waals surface area contributed by atoms with Gasteiger partial charge in [-0.2, -0.15) is 0 Å². The normalized spacial score (nSPS) is 22.4. The summed E-state index contributed by atoms with van der Waals surface area (Å²) in [6.07, 6.45) is -1.05. The molecule has 0 aromatic rings. The number of likely N-dealkylation sites (tertiary alicyclic amines) is 1. The summed E-state index contributed by atoms with van der Waals surface area (Å²) in [4.78, 5) is 50.6. The molecule has 11 heteroatoms. The van der Waals surface area contributed by atoms with Gasteiger partial charge in [0.25, 0.3) is 0 Å². The molecular weight excluding hydrogens is 396 g/mol. The Balaban J connectivity index is 2.96. The SMILES string of the molecule is CCC(C)C(NC(=O)C1CCCN1C(=O)C(NC(=O)C(N)C(C)O)C(C)O)C(=O)O. The van der Waals surface area contributed by atoms with Crippen molar-refractivity contribution >= 4 is 23.7 Å². The van der Waals surface area contributed by atoms with Crippen LogP contribution >= 0.6 is 0 Å². The van der Waals surface area contributed by atoms with Crippen molar-refractivity contribution < 1.29 is 34.5 Å². The molecular formula is C19H34N4O7. The van der Waals surface area contributed by atoms with E-state index in [4.69, 9.17) is 5.73 Å². The third-order valence-electron chi connectivity index (χ3n) is 5.48. The molecule has 172 valence electrons. The van der Waals surface area contributed by atoms with Crippen LogP contribution in [0.4, 0.5) is 0 Å². The van der Waals surface area contributed by atoms with Crippen LogP contribution in [0.5, 0.6) is 0 Å². The fraction of sp³-hybridized carbons (Fsp3) is 0.789. The summed E-state index contributed by atoms with van der Waals surface area (Å²) in [5, 5.41) is 33.7. The third kappa shape index (κ3) is 6.38. The molecule has 0 bridgehead atoms. The lowest BCUT2D eigenvalue weighted by atomic mass is 9.98. The molecule has 0 spiro atoms. The van der Waals surface area contributed by atoms with Crippen LogP contribution < -0.4 is 16.4 Å². The predicted molar refractivity (Wildman–Crippen MR) is 107 cm³/mol. The smallest absolute Gasteiger partial charge is 0.326 e. The van der Waals surface area contributed by atoms with Crippen molar-refractivity contribution in [3.05, 3.63) is 0 Å². The van der Waals surface area contributed by atoms with Gasteiger partial charge in [0, 0.05) is 6.54 Å². The Kier molecular flexibility index (Phi) is 9.66. The number of carboxylic acid groups (broad SMARTS) is 1. The van der Waals surface area contributed by atoms with Crippen LogP contribution in [0.1, 0.15) is 47.0 Å². The van der Waals surface area contributed by atoms with Gasteiger partial charge in [-0.3, -0.25) is 14.4 Å². The molecule has 7 atom stereocenters. The van der Waals surface area contributed by atoms with Crippen molar-refractivity contribution in [2.24, 2.45) is 11.7 Å². The first kappa shape index (κ1) is 25.8. The zero-order chi connectivity index (χ0) is 23.2. The molecule has 7 N–H and O–H groups in total. The molecule has 3 amide bonds. The Morgan fingerprint density at radius 1 is 1.07 bits per heavy atom. The molecule has 30 heavy (non-hydrogen) atoms. The highest BCUT2D eigenvalue weighted by atomic mass is 16.4. The van der Waals surface area contributed by atoms with Crippen LogP contribution in [0.2, 0.25) is 0 Å². The van der Waals surface area contributed by atoms with Crippen molar-refractivity contribution in [1.29, 1.82) is 0 Å². The average Bonchev–Trinajstić information content (AvgIpc) is 3.17. The van der Waals surface area contributed by atoms with Crippen molar-refractivity contribution in [1.82, 2.24) is 15.5 Å². The highest BCUT2D eigenvalue weighted by Gasteiger charge is 2.41. The monoisotopic (exact) mass is 430 g/mol. The lowest BCUT2D eigenvalue weighted by Gasteiger charge is -2.31. The first-order chi connectivity index (χ1) is 13.9.